The summed E-state index contributed by atoms with van der Waals surface area (Å²) < 4.78 is 26.2. The zero-order chi connectivity index (χ0) is 26.9. The van der Waals surface area contributed by atoms with Crippen LogP contribution >= 0.6 is 0 Å². The van der Waals surface area contributed by atoms with E-state index in [1.807, 2.05) is 6.92 Å². The molecule has 0 fully saturated rings. The molecule has 0 saturated carbocycles. The first kappa shape index (κ1) is 34.4. The van der Waals surface area contributed by atoms with E-state index in [-0.39, 0.29) is 18.1 Å². The lowest BCUT2D eigenvalue weighted by Crippen LogP contribution is -2.32. The molecule has 0 aromatic carbocycles. The smallest absolute Gasteiger partial charge is 0.303 e. The maximum Gasteiger partial charge on any atom is 0.303 e. The number of carbonyl (C=O) groups excluding carboxylic acids is 2. The number of hydrogen-bond acceptors (Lipinski definition) is 5. The highest BCUT2D eigenvalue weighted by Crippen LogP contribution is 2.14. The summed E-state index contributed by atoms with van der Waals surface area (Å²) in [7, 11) is -3.59. The lowest BCUT2D eigenvalue weighted by molar-refractivity contribution is -0.137. The molecule has 0 unspecified atom stereocenters. The third kappa shape index (κ3) is 25.5. The SMILES string of the molecule is CCCNC(=O)CCCCCS(=O)(=O)NC(=O)CCCCCCCCCCCCCCCCC(=O)O. The lowest BCUT2D eigenvalue weighted by atomic mass is 10.0. The Morgan fingerprint density at radius 3 is 1.42 bits per heavy atom. The zero-order valence-corrected chi connectivity index (χ0v) is 23.5. The Balaban J connectivity index is 3.48. The maximum absolute atomic E-state index is 12.0. The van der Waals surface area contributed by atoms with Gasteiger partial charge in [0.05, 0.1) is 5.75 Å². The van der Waals surface area contributed by atoms with Crippen LogP contribution in [0, 0.1) is 0 Å². The number of hydrogen-bond donors (Lipinski definition) is 3. The van der Waals surface area contributed by atoms with Gasteiger partial charge in [-0.15, -0.1) is 0 Å². The predicted octanol–water partition coefficient (Wildman–Crippen LogP) is 5.85. The quantitative estimate of drug-likeness (QED) is 0.120. The van der Waals surface area contributed by atoms with E-state index in [1.165, 1.54) is 44.9 Å². The third-order valence-electron chi connectivity index (χ3n) is 6.20. The van der Waals surface area contributed by atoms with Crippen molar-refractivity contribution in [1.29, 1.82) is 0 Å². The first-order chi connectivity index (χ1) is 17.3. The van der Waals surface area contributed by atoms with Crippen LogP contribution in [0.4, 0.5) is 0 Å². The lowest BCUT2D eigenvalue weighted by Gasteiger charge is -2.07. The molecule has 0 saturated heterocycles. The molecule has 3 N–H and O–H groups in total. The minimum Gasteiger partial charge on any atom is -0.481 e. The van der Waals surface area contributed by atoms with Gasteiger partial charge in [-0.05, 0) is 32.1 Å². The largest absolute Gasteiger partial charge is 0.481 e. The van der Waals surface area contributed by atoms with E-state index in [1.54, 1.807) is 0 Å². The average molecular weight is 533 g/mol. The predicted molar refractivity (Wildman–Crippen MR) is 145 cm³/mol. The number of nitrogens with one attached hydrogen (secondary N) is 2. The van der Waals surface area contributed by atoms with Gasteiger partial charge in [0.1, 0.15) is 0 Å². The number of aliphatic carboxylic acids is 1. The highest BCUT2D eigenvalue weighted by atomic mass is 32.2. The van der Waals surface area contributed by atoms with Crippen molar-refractivity contribution in [2.24, 2.45) is 0 Å². The Bertz CT molecular complexity index is 682. The highest BCUT2D eigenvalue weighted by Gasteiger charge is 2.14. The van der Waals surface area contributed by atoms with Gasteiger partial charge in [-0.2, -0.15) is 0 Å². The fraction of sp³-hybridized carbons (Fsp3) is 0.889. The molecule has 8 nitrogen and oxygen atoms in total. The minimum absolute atomic E-state index is 0.00252. The van der Waals surface area contributed by atoms with Crippen molar-refractivity contribution in [3.63, 3.8) is 0 Å². The molecule has 0 aliphatic rings. The van der Waals surface area contributed by atoms with Crippen molar-refractivity contribution in [2.75, 3.05) is 12.3 Å². The summed E-state index contributed by atoms with van der Waals surface area (Å²) in [6, 6.07) is 0. The van der Waals surface area contributed by atoms with E-state index in [9.17, 15) is 22.8 Å². The van der Waals surface area contributed by atoms with Crippen molar-refractivity contribution in [2.45, 2.75) is 142 Å². The molecular formula is C27H52N2O6S. The summed E-state index contributed by atoms with van der Waals surface area (Å²) in [6.45, 7) is 2.66. The Morgan fingerprint density at radius 2 is 0.972 bits per heavy atom. The Labute approximate surface area is 219 Å². The van der Waals surface area contributed by atoms with Gasteiger partial charge in [0.2, 0.25) is 21.8 Å². The number of carboxylic acids is 1. The molecule has 0 atom stereocenters. The third-order valence-corrected chi connectivity index (χ3v) is 7.57. The second-order valence-electron chi connectivity index (χ2n) is 9.85. The van der Waals surface area contributed by atoms with Crippen LogP contribution in [0.15, 0.2) is 0 Å². The summed E-state index contributed by atoms with van der Waals surface area (Å²) in [5, 5.41) is 11.4. The van der Waals surface area contributed by atoms with E-state index in [4.69, 9.17) is 5.11 Å². The molecule has 0 aromatic rings. The van der Waals surface area contributed by atoms with Crippen LogP contribution in [-0.4, -0.2) is 43.6 Å². The second-order valence-corrected chi connectivity index (χ2v) is 11.7. The number of rotatable bonds is 26. The summed E-state index contributed by atoms with van der Waals surface area (Å²) in [4.78, 5) is 33.9. The van der Waals surface area contributed by atoms with Gasteiger partial charge >= 0.3 is 5.97 Å². The van der Waals surface area contributed by atoms with Crippen molar-refractivity contribution < 1.29 is 27.9 Å². The molecule has 36 heavy (non-hydrogen) atoms. The standard InChI is InChI=1S/C27H52N2O6S/c1-2-23-28-25(30)20-17-15-19-24-36(34,35)29-26(31)21-16-13-11-9-7-5-3-4-6-8-10-12-14-18-22-27(32)33/h2-24H2,1H3,(H,28,30)(H,29,31)(H,32,33). The van der Waals surface area contributed by atoms with Gasteiger partial charge in [-0.1, -0.05) is 90.4 Å². The van der Waals surface area contributed by atoms with Crippen LogP contribution in [0.25, 0.3) is 0 Å². The molecule has 0 radical (unpaired) electrons. The molecule has 9 heteroatoms. The van der Waals surface area contributed by atoms with E-state index >= 15 is 0 Å². The van der Waals surface area contributed by atoms with E-state index in [0.717, 1.165) is 44.9 Å². The Morgan fingerprint density at radius 1 is 0.583 bits per heavy atom. The Hall–Kier alpha value is -1.64. The number of carboxylic acid groups (broad SMARTS) is 1. The van der Waals surface area contributed by atoms with Crippen molar-refractivity contribution in [3.8, 4) is 0 Å². The van der Waals surface area contributed by atoms with Crippen molar-refractivity contribution in [1.82, 2.24) is 10.0 Å². The summed E-state index contributed by atoms with van der Waals surface area (Å²) >= 11 is 0. The zero-order valence-electron chi connectivity index (χ0n) is 22.7. The summed E-state index contributed by atoms with van der Waals surface area (Å²) in [6.07, 6.45) is 19.1. The van der Waals surface area contributed by atoms with E-state index in [0.29, 0.717) is 45.1 Å². The molecule has 0 heterocycles. The minimum atomic E-state index is -3.59. The maximum atomic E-state index is 12.0. The van der Waals surface area contributed by atoms with Crippen LogP contribution in [0.1, 0.15) is 142 Å². The van der Waals surface area contributed by atoms with Gasteiger partial charge in [0.25, 0.3) is 0 Å². The highest BCUT2D eigenvalue weighted by molar-refractivity contribution is 7.90. The van der Waals surface area contributed by atoms with Crippen LogP contribution < -0.4 is 10.0 Å². The van der Waals surface area contributed by atoms with E-state index in [2.05, 4.69) is 10.0 Å². The first-order valence-corrected chi connectivity index (χ1v) is 15.9. The Kier molecular flexibility index (Phi) is 22.7. The monoisotopic (exact) mass is 532 g/mol. The molecule has 2 amide bonds. The second kappa shape index (κ2) is 23.7. The number of unbranched alkanes of at least 4 members (excludes halogenated alkanes) is 15. The van der Waals surface area contributed by atoms with Gasteiger partial charge < -0.3 is 10.4 Å². The van der Waals surface area contributed by atoms with Gasteiger partial charge in [-0.3, -0.25) is 19.1 Å². The molecule has 0 bridgehead atoms. The summed E-state index contributed by atoms with van der Waals surface area (Å²) in [5.74, 6) is -1.20. The van der Waals surface area contributed by atoms with Gasteiger partial charge in [0.15, 0.2) is 0 Å². The molecule has 0 aliphatic carbocycles. The van der Waals surface area contributed by atoms with E-state index < -0.39 is 21.9 Å². The topological polar surface area (TPSA) is 130 Å². The number of amides is 2. The normalized spacial score (nSPS) is 11.4. The molecule has 0 spiro atoms. The molecular weight excluding hydrogens is 480 g/mol. The molecule has 212 valence electrons. The first-order valence-electron chi connectivity index (χ1n) is 14.3. The molecule has 0 rings (SSSR count). The van der Waals surface area contributed by atoms with Crippen molar-refractivity contribution >= 4 is 27.8 Å². The number of sulfonamides is 1. The number of carbonyl (C=O) groups is 3. The summed E-state index contributed by atoms with van der Waals surface area (Å²) in [5.41, 5.74) is 0. The van der Waals surface area contributed by atoms with Gasteiger partial charge in [0, 0.05) is 25.8 Å². The van der Waals surface area contributed by atoms with Crippen LogP contribution in [0.2, 0.25) is 0 Å². The van der Waals surface area contributed by atoms with Gasteiger partial charge in [-0.25, -0.2) is 8.42 Å². The average Bonchev–Trinajstić information content (AvgIpc) is 2.81. The van der Waals surface area contributed by atoms with Crippen LogP contribution in [0.3, 0.4) is 0 Å². The fourth-order valence-corrected chi connectivity index (χ4v) is 5.20. The molecule has 0 aromatic heterocycles. The molecule has 0 aliphatic heterocycles. The van der Waals surface area contributed by atoms with Crippen LogP contribution in [-0.2, 0) is 24.4 Å². The fourth-order valence-electron chi connectivity index (χ4n) is 4.07. The van der Waals surface area contributed by atoms with Crippen molar-refractivity contribution in [3.05, 3.63) is 0 Å². The van der Waals surface area contributed by atoms with Crippen LogP contribution in [0.5, 0.6) is 0 Å².